The molecule has 0 bridgehead atoms. The van der Waals surface area contributed by atoms with E-state index in [1.807, 2.05) is 13.0 Å². The van der Waals surface area contributed by atoms with Gasteiger partial charge in [0.1, 0.15) is 11.3 Å². The fourth-order valence-electron chi connectivity index (χ4n) is 2.17. The molecule has 1 atom stereocenters. The minimum absolute atomic E-state index is 0.280. The van der Waals surface area contributed by atoms with Gasteiger partial charge in [-0.15, -0.1) is 0 Å². The number of nitrogens with zero attached hydrogens (tertiary/aromatic N) is 2. The normalized spacial score (nSPS) is 12.8. The minimum atomic E-state index is -0.921. The first kappa shape index (κ1) is 13.9. The van der Waals surface area contributed by atoms with Gasteiger partial charge in [-0.25, -0.2) is 9.78 Å². The molecule has 0 saturated carbocycles. The molecule has 19 heavy (non-hydrogen) atoms. The lowest BCUT2D eigenvalue weighted by Crippen LogP contribution is -2.11. The number of aryl methyl sites for hydroxylation is 1. The molecule has 0 aliphatic rings. The summed E-state index contributed by atoms with van der Waals surface area (Å²) < 4.78 is 2.14. The molecule has 4 nitrogen and oxygen atoms in total. The molecule has 102 valence electrons. The molecule has 0 amide bonds. The van der Waals surface area contributed by atoms with Crippen molar-refractivity contribution >= 4 is 28.8 Å². The number of aromatic nitrogens is 2. The summed E-state index contributed by atoms with van der Waals surface area (Å²) in [5, 5.41) is 9.70. The highest BCUT2D eigenvalue weighted by atomic mass is 32.2. The van der Waals surface area contributed by atoms with Gasteiger partial charge in [-0.3, -0.25) is 0 Å². The average molecular weight is 278 g/mol. The number of carbonyl (C=O) groups is 1. The van der Waals surface area contributed by atoms with Gasteiger partial charge in [0, 0.05) is 18.2 Å². The number of hydrogen-bond donors (Lipinski definition) is 1. The van der Waals surface area contributed by atoms with Crippen LogP contribution in [0.3, 0.4) is 0 Å². The van der Waals surface area contributed by atoms with Crippen LogP contribution in [0.15, 0.2) is 18.2 Å². The zero-order valence-corrected chi connectivity index (χ0v) is 12.2. The van der Waals surface area contributed by atoms with Crippen LogP contribution in [0.25, 0.3) is 11.0 Å². The average Bonchev–Trinajstić information content (AvgIpc) is 2.76. The summed E-state index contributed by atoms with van der Waals surface area (Å²) in [6.45, 7) is 5.06. The number of carboxylic acid groups (broad SMARTS) is 1. The molecule has 1 aromatic heterocycles. The number of rotatable bonds is 5. The first-order chi connectivity index (χ1) is 9.08. The molecule has 0 radical (unpaired) electrons. The maximum Gasteiger partial charge on any atom is 0.337 e. The number of carboxylic acids is 1. The van der Waals surface area contributed by atoms with Crippen molar-refractivity contribution in [2.24, 2.45) is 0 Å². The van der Waals surface area contributed by atoms with Crippen molar-refractivity contribution in [1.29, 1.82) is 0 Å². The Balaban J connectivity index is 2.62. The first-order valence-corrected chi connectivity index (χ1v) is 7.61. The Kier molecular flexibility index (Phi) is 4.14. The number of imidazole rings is 1. The Morgan fingerprint density at radius 2 is 2.26 bits per heavy atom. The first-order valence-electron chi connectivity index (χ1n) is 6.32. The van der Waals surface area contributed by atoms with Crippen molar-refractivity contribution in [3.8, 4) is 0 Å². The smallest absolute Gasteiger partial charge is 0.337 e. The summed E-state index contributed by atoms with van der Waals surface area (Å²) in [6, 6.07) is 5.34. The number of aromatic carboxylic acids is 1. The molecule has 0 spiro atoms. The molecule has 0 aliphatic carbocycles. The molecular formula is C14H18N2O2S. The van der Waals surface area contributed by atoms with Gasteiger partial charge in [-0.1, -0.05) is 19.9 Å². The van der Waals surface area contributed by atoms with Gasteiger partial charge in [-0.2, -0.15) is 11.8 Å². The maximum absolute atomic E-state index is 11.2. The summed E-state index contributed by atoms with van der Waals surface area (Å²) >= 11 is 1.80. The number of fused-ring (bicyclic) bond motifs is 1. The Morgan fingerprint density at radius 3 is 2.84 bits per heavy atom. The SMILES string of the molecule is CCc1nc2c(C(=O)O)cccc2n1CC(C)SC. The van der Waals surface area contributed by atoms with Crippen LogP contribution in [-0.4, -0.2) is 32.1 Å². The second-order valence-corrected chi connectivity index (χ2v) is 5.79. The topological polar surface area (TPSA) is 55.1 Å². The second kappa shape index (κ2) is 5.65. The summed E-state index contributed by atoms with van der Waals surface area (Å²) in [7, 11) is 0. The lowest BCUT2D eigenvalue weighted by Gasteiger charge is -2.12. The van der Waals surface area contributed by atoms with Crippen molar-refractivity contribution in [3.63, 3.8) is 0 Å². The van der Waals surface area contributed by atoms with Crippen molar-refractivity contribution in [3.05, 3.63) is 29.6 Å². The Labute approximate surface area is 116 Å². The van der Waals surface area contributed by atoms with E-state index in [2.05, 4.69) is 22.7 Å². The van der Waals surface area contributed by atoms with Gasteiger partial charge < -0.3 is 9.67 Å². The molecular weight excluding hydrogens is 260 g/mol. The van der Waals surface area contributed by atoms with Crippen LogP contribution in [0.4, 0.5) is 0 Å². The maximum atomic E-state index is 11.2. The summed E-state index contributed by atoms with van der Waals surface area (Å²) in [4.78, 5) is 15.8. The highest BCUT2D eigenvalue weighted by Gasteiger charge is 2.16. The summed E-state index contributed by atoms with van der Waals surface area (Å²) in [5.74, 6) is 0.0282. The fraction of sp³-hybridized carbons (Fsp3) is 0.429. The van der Waals surface area contributed by atoms with E-state index >= 15 is 0 Å². The van der Waals surface area contributed by atoms with Crippen LogP contribution in [0.2, 0.25) is 0 Å². The van der Waals surface area contributed by atoms with Gasteiger partial charge >= 0.3 is 5.97 Å². The molecule has 0 fully saturated rings. The van der Waals surface area contributed by atoms with Crippen LogP contribution >= 0.6 is 11.8 Å². The highest BCUT2D eigenvalue weighted by Crippen LogP contribution is 2.22. The zero-order valence-electron chi connectivity index (χ0n) is 11.4. The zero-order chi connectivity index (χ0) is 14.0. The van der Waals surface area contributed by atoms with Crippen LogP contribution < -0.4 is 0 Å². The van der Waals surface area contributed by atoms with Gasteiger partial charge in [0.15, 0.2) is 0 Å². The van der Waals surface area contributed by atoms with E-state index in [1.165, 1.54) is 0 Å². The highest BCUT2D eigenvalue weighted by molar-refractivity contribution is 7.99. The molecule has 2 rings (SSSR count). The van der Waals surface area contributed by atoms with Gasteiger partial charge in [0.05, 0.1) is 11.1 Å². The lowest BCUT2D eigenvalue weighted by molar-refractivity contribution is 0.0699. The molecule has 2 aromatic rings. The number of hydrogen-bond acceptors (Lipinski definition) is 3. The Bertz CT molecular complexity index is 607. The Morgan fingerprint density at radius 1 is 1.53 bits per heavy atom. The summed E-state index contributed by atoms with van der Waals surface area (Å²) in [5.41, 5.74) is 1.79. The third-order valence-electron chi connectivity index (χ3n) is 3.25. The van der Waals surface area contributed by atoms with E-state index in [9.17, 15) is 9.90 Å². The van der Waals surface area contributed by atoms with Gasteiger partial charge in [0.25, 0.3) is 0 Å². The molecule has 0 saturated heterocycles. The van der Waals surface area contributed by atoms with Crippen LogP contribution in [-0.2, 0) is 13.0 Å². The molecule has 5 heteroatoms. The number of benzene rings is 1. The van der Waals surface area contributed by atoms with Gasteiger partial charge in [-0.05, 0) is 18.4 Å². The monoisotopic (exact) mass is 278 g/mol. The third kappa shape index (κ3) is 2.61. The molecule has 1 unspecified atom stereocenters. The number of para-hydroxylation sites is 1. The van der Waals surface area contributed by atoms with Crippen molar-refractivity contribution in [2.45, 2.75) is 32.1 Å². The van der Waals surface area contributed by atoms with Crippen molar-refractivity contribution in [2.75, 3.05) is 6.26 Å². The van der Waals surface area contributed by atoms with E-state index in [4.69, 9.17) is 0 Å². The van der Waals surface area contributed by atoms with Crippen LogP contribution in [0.5, 0.6) is 0 Å². The fourth-order valence-corrected chi connectivity index (χ4v) is 2.47. The molecule has 1 heterocycles. The van der Waals surface area contributed by atoms with Crippen molar-refractivity contribution in [1.82, 2.24) is 9.55 Å². The molecule has 1 aromatic carbocycles. The number of thioether (sulfide) groups is 1. The lowest BCUT2D eigenvalue weighted by atomic mass is 10.2. The largest absolute Gasteiger partial charge is 0.478 e. The van der Waals surface area contributed by atoms with E-state index in [0.717, 1.165) is 24.3 Å². The van der Waals surface area contributed by atoms with E-state index in [0.29, 0.717) is 10.8 Å². The third-order valence-corrected chi connectivity index (χ3v) is 4.20. The Hall–Kier alpha value is -1.49. The summed E-state index contributed by atoms with van der Waals surface area (Å²) in [6.07, 6.45) is 2.88. The second-order valence-electron chi connectivity index (χ2n) is 4.52. The van der Waals surface area contributed by atoms with Crippen LogP contribution in [0, 0.1) is 0 Å². The predicted molar refractivity (Wildman–Crippen MR) is 79.0 cm³/mol. The van der Waals surface area contributed by atoms with Crippen molar-refractivity contribution < 1.29 is 9.90 Å². The quantitative estimate of drug-likeness (QED) is 0.913. The van der Waals surface area contributed by atoms with Gasteiger partial charge in [0.2, 0.25) is 0 Å². The minimum Gasteiger partial charge on any atom is -0.478 e. The predicted octanol–water partition coefficient (Wildman–Crippen LogP) is 3.05. The molecule has 1 N–H and O–H groups in total. The molecule has 0 aliphatic heterocycles. The standard InChI is InChI=1S/C14H18N2O2S/c1-4-12-15-13-10(14(17)18)6-5-7-11(13)16(12)8-9(2)19-3/h5-7,9H,4,8H2,1-3H3,(H,17,18). The van der Waals surface area contributed by atoms with E-state index in [1.54, 1.807) is 23.9 Å². The van der Waals surface area contributed by atoms with E-state index < -0.39 is 5.97 Å². The van der Waals surface area contributed by atoms with E-state index in [-0.39, 0.29) is 5.56 Å². The van der Waals surface area contributed by atoms with Crippen LogP contribution in [0.1, 0.15) is 30.0 Å².